The maximum absolute atomic E-state index is 12.9. The summed E-state index contributed by atoms with van der Waals surface area (Å²) in [5.41, 5.74) is 1.77. The molecule has 1 heterocycles. The fraction of sp³-hybridized carbons (Fsp3) is 0.300. The van der Waals surface area contributed by atoms with E-state index in [-0.39, 0.29) is 24.2 Å². The van der Waals surface area contributed by atoms with Crippen molar-refractivity contribution in [3.8, 4) is 5.75 Å². The molecule has 0 spiro atoms. The van der Waals surface area contributed by atoms with Gasteiger partial charge in [0.15, 0.2) is 6.61 Å². The lowest BCUT2D eigenvalue weighted by Crippen LogP contribution is -2.51. The SMILES string of the molecule is Cc1ccc(C(=O)N2CCN(C(=O)COc3ccc(F)cc3)CC2)cc1. The zero-order valence-corrected chi connectivity index (χ0v) is 14.7. The fourth-order valence-electron chi connectivity index (χ4n) is 2.80. The third-order valence-electron chi connectivity index (χ3n) is 4.39. The molecule has 0 atom stereocenters. The number of ether oxygens (including phenoxy) is 1. The number of carbonyl (C=O) groups is 2. The molecule has 2 amide bonds. The van der Waals surface area contributed by atoms with E-state index in [0.717, 1.165) is 5.56 Å². The van der Waals surface area contributed by atoms with E-state index in [1.54, 1.807) is 9.80 Å². The topological polar surface area (TPSA) is 49.9 Å². The number of benzene rings is 2. The molecule has 26 heavy (non-hydrogen) atoms. The maximum atomic E-state index is 12.9. The van der Waals surface area contributed by atoms with Crippen molar-refractivity contribution in [2.24, 2.45) is 0 Å². The first-order valence-corrected chi connectivity index (χ1v) is 8.55. The van der Waals surface area contributed by atoms with E-state index in [1.807, 2.05) is 31.2 Å². The quantitative estimate of drug-likeness (QED) is 0.846. The summed E-state index contributed by atoms with van der Waals surface area (Å²) < 4.78 is 18.3. The van der Waals surface area contributed by atoms with Crippen LogP contribution in [0.3, 0.4) is 0 Å². The molecule has 0 unspecified atom stereocenters. The molecule has 136 valence electrons. The largest absolute Gasteiger partial charge is 0.484 e. The van der Waals surface area contributed by atoms with Gasteiger partial charge in [-0.2, -0.15) is 0 Å². The molecule has 2 aromatic carbocycles. The Kier molecular flexibility index (Phi) is 5.51. The lowest BCUT2D eigenvalue weighted by Gasteiger charge is -2.34. The van der Waals surface area contributed by atoms with Crippen molar-refractivity contribution in [3.63, 3.8) is 0 Å². The van der Waals surface area contributed by atoms with Gasteiger partial charge in [-0.3, -0.25) is 9.59 Å². The third kappa shape index (κ3) is 4.39. The van der Waals surface area contributed by atoms with Gasteiger partial charge in [-0.05, 0) is 43.3 Å². The summed E-state index contributed by atoms with van der Waals surface area (Å²) in [6.07, 6.45) is 0. The lowest BCUT2D eigenvalue weighted by molar-refractivity contribution is -0.134. The van der Waals surface area contributed by atoms with Crippen LogP contribution in [0.5, 0.6) is 5.75 Å². The second-order valence-corrected chi connectivity index (χ2v) is 6.28. The molecule has 3 rings (SSSR count). The van der Waals surface area contributed by atoms with Crippen molar-refractivity contribution in [1.82, 2.24) is 9.80 Å². The van der Waals surface area contributed by atoms with E-state index in [2.05, 4.69) is 0 Å². The second-order valence-electron chi connectivity index (χ2n) is 6.28. The zero-order valence-electron chi connectivity index (χ0n) is 14.7. The Bertz CT molecular complexity index is 767. The van der Waals surface area contributed by atoms with Crippen LogP contribution < -0.4 is 4.74 Å². The number of hydrogen-bond donors (Lipinski definition) is 0. The lowest BCUT2D eigenvalue weighted by atomic mass is 10.1. The summed E-state index contributed by atoms with van der Waals surface area (Å²) in [4.78, 5) is 28.2. The Morgan fingerprint density at radius 1 is 0.923 bits per heavy atom. The molecule has 1 fully saturated rings. The van der Waals surface area contributed by atoms with E-state index in [4.69, 9.17) is 4.74 Å². The number of aryl methyl sites for hydroxylation is 1. The van der Waals surface area contributed by atoms with Crippen LogP contribution in [-0.2, 0) is 4.79 Å². The van der Waals surface area contributed by atoms with E-state index < -0.39 is 0 Å². The maximum Gasteiger partial charge on any atom is 0.260 e. The molecule has 0 saturated carbocycles. The number of amides is 2. The highest BCUT2D eigenvalue weighted by atomic mass is 19.1. The fourth-order valence-corrected chi connectivity index (χ4v) is 2.80. The van der Waals surface area contributed by atoms with Crippen molar-refractivity contribution >= 4 is 11.8 Å². The van der Waals surface area contributed by atoms with Crippen LogP contribution in [0, 0.1) is 12.7 Å². The van der Waals surface area contributed by atoms with Crippen LogP contribution in [0.15, 0.2) is 48.5 Å². The van der Waals surface area contributed by atoms with Crippen LogP contribution in [-0.4, -0.2) is 54.4 Å². The van der Waals surface area contributed by atoms with Crippen LogP contribution in [0.1, 0.15) is 15.9 Å². The van der Waals surface area contributed by atoms with Gasteiger partial charge in [-0.15, -0.1) is 0 Å². The van der Waals surface area contributed by atoms with Crippen molar-refractivity contribution in [3.05, 3.63) is 65.5 Å². The van der Waals surface area contributed by atoms with Gasteiger partial charge in [0.05, 0.1) is 0 Å². The standard InChI is InChI=1S/C20H21FN2O3/c1-15-2-4-16(5-3-15)20(25)23-12-10-22(11-13-23)19(24)14-26-18-8-6-17(21)7-9-18/h2-9H,10-14H2,1H3. The second kappa shape index (κ2) is 7.99. The van der Waals surface area contributed by atoms with Crippen LogP contribution in [0.25, 0.3) is 0 Å². The van der Waals surface area contributed by atoms with Gasteiger partial charge in [0.2, 0.25) is 0 Å². The van der Waals surface area contributed by atoms with Crippen LogP contribution in [0.4, 0.5) is 4.39 Å². The number of carbonyl (C=O) groups excluding carboxylic acids is 2. The predicted octanol–water partition coefficient (Wildman–Crippen LogP) is 2.50. The highest BCUT2D eigenvalue weighted by Gasteiger charge is 2.25. The molecular formula is C20H21FN2O3. The highest BCUT2D eigenvalue weighted by molar-refractivity contribution is 5.94. The van der Waals surface area contributed by atoms with Crippen molar-refractivity contribution < 1.29 is 18.7 Å². The minimum atomic E-state index is -0.349. The number of piperazine rings is 1. The third-order valence-corrected chi connectivity index (χ3v) is 4.39. The van der Waals surface area contributed by atoms with Gasteiger partial charge in [-0.1, -0.05) is 17.7 Å². The van der Waals surface area contributed by atoms with Gasteiger partial charge in [0, 0.05) is 31.7 Å². The van der Waals surface area contributed by atoms with Crippen LogP contribution >= 0.6 is 0 Å². The molecule has 0 aromatic heterocycles. The van der Waals surface area contributed by atoms with Gasteiger partial charge < -0.3 is 14.5 Å². The first-order valence-electron chi connectivity index (χ1n) is 8.55. The van der Waals surface area contributed by atoms with E-state index in [0.29, 0.717) is 37.5 Å². The summed E-state index contributed by atoms with van der Waals surface area (Å²) in [5, 5.41) is 0. The molecule has 2 aromatic rings. The average molecular weight is 356 g/mol. The van der Waals surface area contributed by atoms with Crippen molar-refractivity contribution in [2.75, 3.05) is 32.8 Å². The Morgan fingerprint density at radius 3 is 2.12 bits per heavy atom. The predicted molar refractivity (Wildman–Crippen MR) is 95.6 cm³/mol. The van der Waals surface area contributed by atoms with Crippen molar-refractivity contribution in [2.45, 2.75) is 6.92 Å². The molecule has 0 radical (unpaired) electrons. The summed E-state index contributed by atoms with van der Waals surface area (Å²) in [6, 6.07) is 13.0. The molecule has 5 nitrogen and oxygen atoms in total. The van der Waals surface area contributed by atoms with E-state index in [9.17, 15) is 14.0 Å². The summed E-state index contributed by atoms with van der Waals surface area (Å²) >= 11 is 0. The molecule has 1 aliphatic rings. The number of rotatable bonds is 4. The number of nitrogens with zero attached hydrogens (tertiary/aromatic N) is 2. The first-order chi connectivity index (χ1) is 12.5. The molecule has 1 aliphatic heterocycles. The van der Waals surface area contributed by atoms with Crippen LogP contribution in [0.2, 0.25) is 0 Å². The number of halogens is 1. The molecular weight excluding hydrogens is 335 g/mol. The average Bonchev–Trinajstić information content (AvgIpc) is 2.67. The minimum absolute atomic E-state index is 0.0142. The molecule has 0 N–H and O–H groups in total. The van der Waals surface area contributed by atoms with Crippen molar-refractivity contribution in [1.29, 1.82) is 0 Å². The molecule has 6 heteroatoms. The smallest absolute Gasteiger partial charge is 0.260 e. The minimum Gasteiger partial charge on any atom is -0.484 e. The van der Waals surface area contributed by atoms with Gasteiger partial charge >= 0.3 is 0 Å². The Balaban J connectivity index is 1.48. The Morgan fingerprint density at radius 2 is 1.50 bits per heavy atom. The normalized spacial score (nSPS) is 14.2. The highest BCUT2D eigenvalue weighted by Crippen LogP contribution is 2.13. The summed E-state index contributed by atoms with van der Waals surface area (Å²) in [7, 11) is 0. The van der Waals surface area contributed by atoms with Gasteiger partial charge in [0.25, 0.3) is 11.8 Å². The molecule has 1 saturated heterocycles. The summed E-state index contributed by atoms with van der Waals surface area (Å²) in [6.45, 7) is 3.82. The Labute approximate surface area is 152 Å². The zero-order chi connectivity index (χ0) is 18.5. The van der Waals surface area contributed by atoms with E-state index in [1.165, 1.54) is 24.3 Å². The monoisotopic (exact) mass is 356 g/mol. The first kappa shape index (κ1) is 17.9. The summed E-state index contributed by atoms with van der Waals surface area (Å²) in [5.74, 6) is -0.0533. The van der Waals surface area contributed by atoms with Gasteiger partial charge in [-0.25, -0.2) is 4.39 Å². The van der Waals surface area contributed by atoms with E-state index >= 15 is 0 Å². The van der Waals surface area contributed by atoms with Gasteiger partial charge in [0.1, 0.15) is 11.6 Å². The molecule has 0 bridgehead atoms. The Hall–Kier alpha value is -2.89. The molecule has 0 aliphatic carbocycles. The number of hydrogen-bond acceptors (Lipinski definition) is 3.